The number of hydrogen-bond donors (Lipinski definition) is 1. The number of nitrogens with zero attached hydrogens (tertiary/aromatic N) is 2. The van der Waals surface area contributed by atoms with Crippen LogP contribution < -0.4 is 10.1 Å². The molecule has 1 amide bonds. The standard InChI is InChI=1S/C18H25N3O2/c1-18(2,3)12-15(22)20-16(17-19-10-11-21(17)4)13-6-8-14(23-5)9-7-13/h6-11,16H,12H2,1-5H3,(H,20,22). The van der Waals surface area contributed by atoms with Crippen molar-refractivity contribution in [2.24, 2.45) is 12.5 Å². The Hall–Kier alpha value is -2.30. The van der Waals surface area contributed by atoms with Gasteiger partial charge < -0.3 is 14.6 Å². The molecule has 0 radical (unpaired) electrons. The van der Waals surface area contributed by atoms with Gasteiger partial charge in [0.05, 0.1) is 7.11 Å². The Morgan fingerprint density at radius 3 is 2.43 bits per heavy atom. The molecule has 1 unspecified atom stereocenters. The smallest absolute Gasteiger partial charge is 0.221 e. The summed E-state index contributed by atoms with van der Waals surface area (Å²) >= 11 is 0. The van der Waals surface area contributed by atoms with Crippen molar-refractivity contribution < 1.29 is 9.53 Å². The molecule has 0 aliphatic carbocycles. The summed E-state index contributed by atoms with van der Waals surface area (Å²) in [4.78, 5) is 16.8. The van der Waals surface area contributed by atoms with Gasteiger partial charge >= 0.3 is 0 Å². The van der Waals surface area contributed by atoms with E-state index in [9.17, 15) is 4.79 Å². The van der Waals surface area contributed by atoms with Crippen LogP contribution in [0.5, 0.6) is 5.75 Å². The van der Waals surface area contributed by atoms with Gasteiger partial charge in [-0.25, -0.2) is 4.98 Å². The van der Waals surface area contributed by atoms with Crippen LogP contribution in [-0.4, -0.2) is 22.6 Å². The van der Waals surface area contributed by atoms with Crippen molar-refractivity contribution in [2.45, 2.75) is 33.2 Å². The number of ether oxygens (including phenoxy) is 1. The first kappa shape index (κ1) is 17.1. The lowest BCUT2D eigenvalue weighted by molar-refractivity contribution is -0.123. The molecule has 0 aliphatic heterocycles. The maximum absolute atomic E-state index is 12.4. The quantitative estimate of drug-likeness (QED) is 0.922. The second-order valence-corrected chi connectivity index (χ2v) is 6.91. The summed E-state index contributed by atoms with van der Waals surface area (Å²) < 4.78 is 7.13. The number of hydrogen-bond acceptors (Lipinski definition) is 3. The molecule has 1 aromatic carbocycles. The predicted molar refractivity (Wildman–Crippen MR) is 90.3 cm³/mol. The van der Waals surface area contributed by atoms with E-state index >= 15 is 0 Å². The Morgan fingerprint density at radius 2 is 1.96 bits per heavy atom. The topological polar surface area (TPSA) is 56.1 Å². The van der Waals surface area contributed by atoms with E-state index in [1.165, 1.54) is 0 Å². The lowest BCUT2D eigenvalue weighted by Crippen LogP contribution is -2.33. The third-order valence-electron chi connectivity index (χ3n) is 3.56. The third kappa shape index (κ3) is 4.58. The van der Waals surface area contributed by atoms with Crippen LogP contribution in [0.15, 0.2) is 36.7 Å². The summed E-state index contributed by atoms with van der Waals surface area (Å²) in [5.41, 5.74) is 0.915. The molecule has 0 saturated heterocycles. The molecule has 1 aromatic heterocycles. The number of nitrogens with one attached hydrogen (secondary N) is 1. The van der Waals surface area contributed by atoms with Crippen LogP contribution in [0.1, 0.15) is 44.6 Å². The molecule has 23 heavy (non-hydrogen) atoms. The van der Waals surface area contributed by atoms with Gasteiger partial charge in [0.1, 0.15) is 17.6 Å². The molecular weight excluding hydrogens is 290 g/mol. The molecule has 5 nitrogen and oxygen atoms in total. The number of carbonyl (C=O) groups excluding carboxylic acids is 1. The minimum Gasteiger partial charge on any atom is -0.497 e. The van der Waals surface area contributed by atoms with Crippen LogP contribution in [-0.2, 0) is 11.8 Å². The molecule has 1 N–H and O–H groups in total. The van der Waals surface area contributed by atoms with Gasteiger partial charge in [-0.05, 0) is 23.1 Å². The lowest BCUT2D eigenvalue weighted by Gasteiger charge is -2.23. The van der Waals surface area contributed by atoms with E-state index < -0.39 is 0 Å². The van der Waals surface area contributed by atoms with E-state index in [1.807, 2.05) is 42.1 Å². The van der Waals surface area contributed by atoms with Crippen molar-refractivity contribution in [1.82, 2.24) is 14.9 Å². The molecule has 124 valence electrons. The normalized spacial score (nSPS) is 12.7. The zero-order chi connectivity index (χ0) is 17.0. The highest BCUT2D eigenvalue weighted by Crippen LogP contribution is 2.24. The maximum Gasteiger partial charge on any atom is 0.221 e. The van der Waals surface area contributed by atoms with Crippen molar-refractivity contribution in [3.8, 4) is 5.75 Å². The number of benzene rings is 1. The van der Waals surface area contributed by atoms with Crippen molar-refractivity contribution in [3.63, 3.8) is 0 Å². The highest BCUT2D eigenvalue weighted by Gasteiger charge is 2.23. The van der Waals surface area contributed by atoms with E-state index in [-0.39, 0.29) is 17.4 Å². The van der Waals surface area contributed by atoms with E-state index in [4.69, 9.17) is 4.74 Å². The van der Waals surface area contributed by atoms with Crippen molar-refractivity contribution >= 4 is 5.91 Å². The summed E-state index contributed by atoms with van der Waals surface area (Å²) in [6.45, 7) is 6.15. The van der Waals surface area contributed by atoms with E-state index in [2.05, 4.69) is 31.1 Å². The first-order chi connectivity index (χ1) is 10.8. The summed E-state index contributed by atoms with van der Waals surface area (Å²) in [5.74, 6) is 1.60. The van der Waals surface area contributed by atoms with Crippen LogP contribution in [0.2, 0.25) is 0 Å². The average molecular weight is 315 g/mol. The van der Waals surface area contributed by atoms with E-state index in [1.54, 1.807) is 13.3 Å². The second-order valence-electron chi connectivity index (χ2n) is 6.91. The van der Waals surface area contributed by atoms with Gasteiger partial charge in [0, 0.05) is 25.9 Å². The van der Waals surface area contributed by atoms with Crippen molar-refractivity contribution in [1.29, 1.82) is 0 Å². The number of carbonyl (C=O) groups is 1. The number of aryl methyl sites for hydroxylation is 1. The summed E-state index contributed by atoms with van der Waals surface area (Å²) in [7, 11) is 3.56. The summed E-state index contributed by atoms with van der Waals surface area (Å²) in [5, 5.41) is 3.11. The maximum atomic E-state index is 12.4. The Balaban J connectivity index is 2.29. The molecule has 1 heterocycles. The van der Waals surface area contributed by atoms with Crippen LogP contribution in [0, 0.1) is 5.41 Å². The molecule has 2 aromatic rings. The fourth-order valence-electron chi connectivity index (χ4n) is 2.44. The minimum absolute atomic E-state index is 0.0151. The molecule has 0 saturated carbocycles. The predicted octanol–water partition coefficient (Wildman–Crippen LogP) is 3.07. The molecule has 0 fully saturated rings. The number of methoxy groups -OCH3 is 1. The first-order valence-electron chi connectivity index (χ1n) is 7.71. The number of imidazole rings is 1. The van der Waals surface area contributed by atoms with E-state index in [0.717, 1.165) is 17.1 Å². The molecule has 1 atom stereocenters. The van der Waals surface area contributed by atoms with Gasteiger partial charge in [-0.2, -0.15) is 0 Å². The lowest BCUT2D eigenvalue weighted by atomic mass is 9.91. The molecule has 2 rings (SSSR count). The zero-order valence-corrected chi connectivity index (χ0v) is 14.5. The number of rotatable bonds is 5. The highest BCUT2D eigenvalue weighted by atomic mass is 16.5. The number of aromatic nitrogens is 2. The van der Waals surface area contributed by atoms with Crippen LogP contribution in [0.3, 0.4) is 0 Å². The van der Waals surface area contributed by atoms with Gasteiger partial charge in [-0.15, -0.1) is 0 Å². The second kappa shape index (κ2) is 6.86. The van der Waals surface area contributed by atoms with Gasteiger partial charge in [0.2, 0.25) is 5.91 Å². The highest BCUT2D eigenvalue weighted by molar-refractivity contribution is 5.77. The molecular formula is C18H25N3O2. The molecule has 0 spiro atoms. The summed E-state index contributed by atoms with van der Waals surface area (Å²) in [6.07, 6.45) is 4.08. The van der Waals surface area contributed by atoms with E-state index in [0.29, 0.717) is 6.42 Å². The summed E-state index contributed by atoms with van der Waals surface area (Å²) in [6, 6.07) is 7.41. The van der Waals surface area contributed by atoms with Gasteiger partial charge in [0.25, 0.3) is 0 Å². The van der Waals surface area contributed by atoms with Crippen LogP contribution in [0.4, 0.5) is 0 Å². The monoisotopic (exact) mass is 315 g/mol. The fourth-order valence-corrected chi connectivity index (χ4v) is 2.44. The Morgan fingerprint density at radius 1 is 1.30 bits per heavy atom. The van der Waals surface area contributed by atoms with Crippen LogP contribution >= 0.6 is 0 Å². The Kier molecular flexibility index (Phi) is 5.08. The third-order valence-corrected chi connectivity index (χ3v) is 3.56. The molecule has 5 heteroatoms. The van der Waals surface area contributed by atoms with Gasteiger partial charge in [-0.1, -0.05) is 32.9 Å². The molecule has 0 aliphatic rings. The minimum atomic E-state index is -0.282. The first-order valence-corrected chi connectivity index (χ1v) is 7.71. The SMILES string of the molecule is COc1ccc(C(NC(=O)CC(C)(C)C)c2nccn2C)cc1. The number of amides is 1. The largest absolute Gasteiger partial charge is 0.497 e. The fraction of sp³-hybridized carbons (Fsp3) is 0.444. The average Bonchev–Trinajstić information content (AvgIpc) is 2.89. The van der Waals surface area contributed by atoms with Crippen LogP contribution in [0.25, 0.3) is 0 Å². The van der Waals surface area contributed by atoms with Gasteiger partial charge in [-0.3, -0.25) is 4.79 Å². The van der Waals surface area contributed by atoms with Crippen molar-refractivity contribution in [2.75, 3.05) is 7.11 Å². The van der Waals surface area contributed by atoms with Crippen molar-refractivity contribution in [3.05, 3.63) is 48.0 Å². The zero-order valence-electron chi connectivity index (χ0n) is 14.5. The Bertz CT molecular complexity index is 654. The molecule has 0 bridgehead atoms. The van der Waals surface area contributed by atoms with Gasteiger partial charge in [0.15, 0.2) is 0 Å². The Labute approximate surface area is 137 Å².